The summed E-state index contributed by atoms with van der Waals surface area (Å²) in [6, 6.07) is 15.6. The lowest BCUT2D eigenvalue weighted by atomic mass is 9.96. The van der Waals surface area contributed by atoms with Crippen molar-refractivity contribution in [2.75, 3.05) is 25.5 Å². The summed E-state index contributed by atoms with van der Waals surface area (Å²) >= 11 is 1.80. The Kier molecular flexibility index (Phi) is 5.59. The fourth-order valence-corrected chi connectivity index (χ4v) is 4.89. The van der Waals surface area contributed by atoms with Crippen LogP contribution in [0.5, 0.6) is 5.75 Å². The molecule has 28 heavy (non-hydrogen) atoms. The second kappa shape index (κ2) is 8.29. The summed E-state index contributed by atoms with van der Waals surface area (Å²) in [6.45, 7) is 3.78. The van der Waals surface area contributed by atoms with Crippen LogP contribution in [0.3, 0.4) is 0 Å². The van der Waals surface area contributed by atoms with E-state index in [4.69, 9.17) is 9.72 Å². The third-order valence-electron chi connectivity index (χ3n) is 5.48. The van der Waals surface area contributed by atoms with Crippen molar-refractivity contribution in [2.45, 2.75) is 31.7 Å². The number of ether oxygens (including phenoxy) is 1. The number of rotatable bonds is 5. The molecule has 0 aliphatic carbocycles. The number of hydrogen-bond acceptors (Lipinski definition) is 5. The summed E-state index contributed by atoms with van der Waals surface area (Å²) in [7, 11) is 1.61. The minimum absolute atomic E-state index is 0.00272. The standard InChI is InChI=1S/C22H25N3O2S/c1-15(21(26)23-17-7-3-5-9-19(17)27-2)25-13-11-16(12-14-25)22-24-18-8-4-6-10-20(18)28-22/h3-10,15-16H,11-14H2,1-2H3,(H,23,26)/t15-/m1/s1. The number of benzene rings is 2. The van der Waals surface area contributed by atoms with Crippen molar-refractivity contribution in [3.63, 3.8) is 0 Å². The first-order chi connectivity index (χ1) is 13.7. The molecule has 0 spiro atoms. The first-order valence-corrected chi connectivity index (χ1v) is 10.5. The Bertz CT molecular complexity index is 930. The number of thiazole rings is 1. The van der Waals surface area contributed by atoms with Crippen molar-refractivity contribution in [2.24, 2.45) is 0 Å². The van der Waals surface area contributed by atoms with Crippen LogP contribution in [0.25, 0.3) is 10.2 Å². The van der Waals surface area contributed by atoms with E-state index in [1.807, 2.05) is 37.3 Å². The fourth-order valence-electron chi connectivity index (χ4n) is 3.75. The van der Waals surface area contributed by atoms with Crippen LogP contribution in [0, 0.1) is 0 Å². The average molecular weight is 396 g/mol. The summed E-state index contributed by atoms with van der Waals surface area (Å²) in [5.74, 6) is 1.17. The van der Waals surface area contributed by atoms with E-state index < -0.39 is 0 Å². The maximum absolute atomic E-state index is 12.7. The van der Waals surface area contributed by atoms with Crippen LogP contribution in [-0.2, 0) is 4.79 Å². The summed E-state index contributed by atoms with van der Waals surface area (Å²) in [5, 5.41) is 4.23. The van der Waals surface area contributed by atoms with Gasteiger partial charge in [0.05, 0.1) is 34.1 Å². The van der Waals surface area contributed by atoms with E-state index >= 15 is 0 Å². The number of piperidine rings is 1. The van der Waals surface area contributed by atoms with Crippen LogP contribution in [-0.4, -0.2) is 42.0 Å². The summed E-state index contributed by atoms with van der Waals surface area (Å²) in [5.41, 5.74) is 1.81. The number of anilines is 1. The van der Waals surface area contributed by atoms with Gasteiger partial charge in [-0.25, -0.2) is 4.98 Å². The van der Waals surface area contributed by atoms with E-state index in [2.05, 4.69) is 28.4 Å². The van der Waals surface area contributed by atoms with E-state index in [9.17, 15) is 4.79 Å². The van der Waals surface area contributed by atoms with Crippen LogP contribution in [0.4, 0.5) is 5.69 Å². The molecule has 0 radical (unpaired) electrons. The lowest BCUT2D eigenvalue weighted by Gasteiger charge is -2.34. The van der Waals surface area contributed by atoms with E-state index in [1.54, 1.807) is 18.4 Å². The molecule has 2 heterocycles. The molecule has 1 aliphatic heterocycles. The molecule has 2 aromatic carbocycles. The van der Waals surface area contributed by atoms with Crippen molar-refractivity contribution >= 4 is 33.1 Å². The highest BCUT2D eigenvalue weighted by atomic mass is 32.1. The molecule has 5 nitrogen and oxygen atoms in total. The van der Waals surface area contributed by atoms with Crippen molar-refractivity contribution < 1.29 is 9.53 Å². The molecule has 1 N–H and O–H groups in total. The van der Waals surface area contributed by atoms with Gasteiger partial charge in [-0.3, -0.25) is 9.69 Å². The van der Waals surface area contributed by atoms with E-state index in [0.29, 0.717) is 17.4 Å². The molecular formula is C22H25N3O2S. The van der Waals surface area contributed by atoms with Crippen molar-refractivity contribution in [3.05, 3.63) is 53.5 Å². The monoisotopic (exact) mass is 395 g/mol. The van der Waals surface area contributed by atoms with Gasteiger partial charge in [0.2, 0.25) is 5.91 Å². The second-order valence-electron chi connectivity index (χ2n) is 7.20. The third-order valence-corrected chi connectivity index (χ3v) is 6.68. The number of nitrogens with zero attached hydrogens (tertiary/aromatic N) is 2. The Hall–Kier alpha value is -2.44. The van der Waals surface area contributed by atoms with Gasteiger partial charge in [0.15, 0.2) is 0 Å². The van der Waals surface area contributed by atoms with Crippen LogP contribution in [0.15, 0.2) is 48.5 Å². The number of amides is 1. The molecule has 3 aromatic rings. The van der Waals surface area contributed by atoms with Gasteiger partial charge in [-0.15, -0.1) is 11.3 Å². The first kappa shape index (κ1) is 18.9. The number of nitrogens with one attached hydrogen (secondary N) is 1. The summed E-state index contributed by atoms with van der Waals surface area (Å²) in [6.07, 6.45) is 2.07. The zero-order valence-corrected chi connectivity index (χ0v) is 17.0. The third kappa shape index (κ3) is 3.88. The largest absolute Gasteiger partial charge is 0.495 e. The highest BCUT2D eigenvalue weighted by molar-refractivity contribution is 7.18. The Labute approximate surface area is 169 Å². The number of fused-ring (bicyclic) bond motifs is 1. The smallest absolute Gasteiger partial charge is 0.241 e. The molecule has 146 valence electrons. The van der Waals surface area contributed by atoms with Gasteiger partial charge in [-0.1, -0.05) is 24.3 Å². The minimum atomic E-state index is -0.179. The first-order valence-electron chi connectivity index (χ1n) is 9.69. The van der Waals surface area contributed by atoms with Crippen LogP contribution >= 0.6 is 11.3 Å². The van der Waals surface area contributed by atoms with Crippen molar-refractivity contribution in [1.82, 2.24) is 9.88 Å². The van der Waals surface area contributed by atoms with Gasteiger partial charge in [0.25, 0.3) is 0 Å². The molecule has 0 unspecified atom stereocenters. The second-order valence-corrected chi connectivity index (χ2v) is 8.26. The van der Waals surface area contributed by atoms with Gasteiger partial charge >= 0.3 is 0 Å². The quantitative estimate of drug-likeness (QED) is 0.690. The zero-order valence-electron chi connectivity index (χ0n) is 16.2. The number of carbonyl (C=O) groups is 1. The predicted octanol–water partition coefficient (Wildman–Crippen LogP) is 4.51. The number of methoxy groups -OCH3 is 1. The minimum Gasteiger partial charge on any atom is -0.495 e. The van der Waals surface area contributed by atoms with Crippen LogP contribution in [0.2, 0.25) is 0 Å². The Morgan fingerprint density at radius 3 is 2.64 bits per heavy atom. The van der Waals surface area contributed by atoms with Gasteiger partial charge in [-0.05, 0) is 57.1 Å². The molecule has 1 aliphatic rings. The number of hydrogen-bond donors (Lipinski definition) is 1. The highest BCUT2D eigenvalue weighted by Gasteiger charge is 2.29. The number of likely N-dealkylation sites (tertiary alicyclic amines) is 1. The fraction of sp³-hybridized carbons (Fsp3) is 0.364. The maximum atomic E-state index is 12.7. The highest BCUT2D eigenvalue weighted by Crippen LogP contribution is 2.34. The molecule has 1 amide bonds. The van der Waals surface area contributed by atoms with E-state index in [1.165, 1.54) is 9.71 Å². The van der Waals surface area contributed by atoms with Gasteiger partial charge < -0.3 is 10.1 Å². The maximum Gasteiger partial charge on any atom is 0.241 e. The van der Waals surface area contributed by atoms with Gasteiger partial charge in [0.1, 0.15) is 5.75 Å². The van der Waals surface area contributed by atoms with Crippen LogP contribution < -0.4 is 10.1 Å². The Morgan fingerprint density at radius 2 is 1.89 bits per heavy atom. The number of para-hydroxylation sites is 3. The molecule has 4 rings (SSSR count). The summed E-state index contributed by atoms with van der Waals surface area (Å²) in [4.78, 5) is 19.8. The van der Waals surface area contributed by atoms with E-state index in [0.717, 1.165) is 31.4 Å². The van der Waals surface area contributed by atoms with Gasteiger partial charge in [0, 0.05) is 5.92 Å². The normalized spacial score (nSPS) is 16.8. The molecule has 6 heteroatoms. The molecule has 1 atom stereocenters. The molecule has 0 saturated carbocycles. The molecule has 0 bridgehead atoms. The molecule has 1 saturated heterocycles. The SMILES string of the molecule is COc1ccccc1NC(=O)[C@@H](C)N1CCC(c2nc3ccccc3s2)CC1. The van der Waals surface area contributed by atoms with Crippen molar-refractivity contribution in [3.8, 4) is 5.75 Å². The molecule has 1 aromatic heterocycles. The van der Waals surface area contributed by atoms with Gasteiger partial charge in [-0.2, -0.15) is 0 Å². The average Bonchev–Trinajstić information content (AvgIpc) is 3.18. The number of carbonyl (C=O) groups excluding carboxylic acids is 1. The Morgan fingerprint density at radius 1 is 1.18 bits per heavy atom. The lowest BCUT2D eigenvalue weighted by Crippen LogP contribution is -2.45. The topological polar surface area (TPSA) is 54.5 Å². The van der Waals surface area contributed by atoms with Crippen molar-refractivity contribution in [1.29, 1.82) is 0 Å². The van der Waals surface area contributed by atoms with E-state index in [-0.39, 0.29) is 11.9 Å². The Balaban J connectivity index is 1.36. The summed E-state index contributed by atoms with van der Waals surface area (Å²) < 4.78 is 6.58. The molecule has 1 fully saturated rings. The lowest BCUT2D eigenvalue weighted by molar-refractivity contribution is -0.121. The van der Waals surface area contributed by atoms with Crippen LogP contribution in [0.1, 0.15) is 30.7 Å². The zero-order chi connectivity index (χ0) is 19.5. The number of aromatic nitrogens is 1. The molecular weight excluding hydrogens is 370 g/mol. The predicted molar refractivity (Wildman–Crippen MR) is 114 cm³/mol.